The lowest BCUT2D eigenvalue weighted by molar-refractivity contribution is -0.131. The molecule has 0 unspecified atom stereocenters. The summed E-state index contributed by atoms with van der Waals surface area (Å²) in [6, 6.07) is 10.4. The monoisotopic (exact) mass is 370 g/mol. The maximum atomic E-state index is 12.7. The van der Waals surface area contributed by atoms with Gasteiger partial charge in [0.15, 0.2) is 0 Å². The number of nitrogens with one attached hydrogen (secondary N) is 1. The number of thiophene rings is 1. The second kappa shape index (κ2) is 8.04. The molecule has 2 heterocycles. The molecule has 1 fully saturated rings. The second-order valence-corrected chi connectivity index (χ2v) is 8.05. The molecule has 2 amide bonds. The summed E-state index contributed by atoms with van der Waals surface area (Å²) >= 11 is 1.51. The third kappa shape index (κ3) is 3.98. The summed E-state index contributed by atoms with van der Waals surface area (Å²) in [7, 11) is 0. The highest BCUT2D eigenvalue weighted by Gasteiger charge is 2.29. The summed E-state index contributed by atoms with van der Waals surface area (Å²) in [6.45, 7) is 6.98. The molecule has 1 aromatic heterocycles. The smallest absolute Gasteiger partial charge is 0.261 e. The topological polar surface area (TPSA) is 49.4 Å². The highest BCUT2D eigenvalue weighted by molar-refractivity contribution is 7.14. The van der Waals surface area contributed by atoms with Crippen molar-refractivity contribution in [2.24, 2.45) is 0 Å². The molecule has 0 bridgehead atoms. The number of rotatable bonds is 5. The summed E-state index contributed by atoms with van der Waals surface area (Å²) < 4.78 is 0. The van der Waals surface area contributed by atoms with Crippen molar-refractivity contribution in [2.45, 2.75) is 46.1 Å². The zero-order valence-corrected chi connectivity index (χ0v) is 16.5. The number of hydrogen-bond donors (Lipinski definition) is 1. The van der Waals surface area contributed by atoms with Crippen LogP contribution in [-0.2, 0) is 11.2 Å². The molecule has 4 nitrogen and oxygen atoms in total. The minimum Gasteiger partial charge on any atom is -0.342 e. The molecule has 0 radical (unpaired) electrons. The summed E-state index contributed by atoms with van der Waals surface area (Å²) in [6.07, 6.45) is 2.91. The SMILES string of the molecule is CCc1sc(C(=O)NCC(=O)N2CCC[C@@H]2c2ccc(C)cc2)cc1C. The van der Waals surface area contributed by atoms with Gasteiger partial charge in [-0.3, -0.25) is 9.59 Å². The Balaban J connectivity index is 1.61. The average molecular weight is 371 g/mol. The molecule has 1 aliphatic rings. The van der Waals surface area contributed by atoms with E-state index < -0.39 is 0 Å². The van der Waals surface area contributed by atoms with Crippen molar-refractivity contribution in [1.29, 1.82) is 0 Å². The highest BCUT2D eigenvalue weighted by Crippen LogP contribution is 2.32. The molecule has 1 aromatic carbocycles. The number of carbonyl (C=O) groups is 2. The number of benzene rings is 1. The van der Waals surface area contributed by atoms with E-state index in [0.717, 1.165) is 31.4 Å². The number of aryl methyl sites for hydroxylation is 3. The molecule has 26 heavy (non-hydrogen) atoms. The van der Waals surface area contributed by atoms with Gasteiger partial charge in [0.05, 0.1) is 17.5 Å². The lowest BCUT2D eigenvalue weighted by atomic mass is 10.0. The molecule has 1 atom stereocenters. The van der Waals surface area contributed by atoms with Crippen molar-refractivity contribution in [3.8, 4) is 0 Å². The zero-order chi connectivity index (χ0) is 18.7. The van der Waals surface area contributed by atoms with E-state index in [1.807, 2.05) is 17.9 Å². The molecule has 1 saturated heterocycles. The second-order valence-electron chi connectivity index (χ2n) is 6.91. The lowest BCUT2D eigenvalue weighted by Gasteiger charge is -2.25. The normalized spacial score (nSPS) is 16.7. The maximum absolute atomic E-state index is 12.7. The zero-order valence-electron chi connectivity index (χ0n) is 15.7. The van der Waals surface area contributed by atoms with Crippen LogP contribution in [0.4, 0.5) is 0 Å². The van der Waals surface area contributed by atoms with Gasteiger partial charge in [0, 0.05) is 11.4 Å². The van der Waals surface area contributed by atoms with Gasteiger partial charge in [-0.15, -0.1) is 11.3 Å². The van der Waals surface area contributed by atoms with E-state index in [4.69, 9.17) is 0 Å². The van der Waals surface area contributed by atoms with E-state index in [-0.39, 0.29) is 24.4 Å². The quantitative estimate of drug-likeness (QED) is 0.864. The minimum atomic E-state index is -0.155. The van der Waals surface area contributed by atoms with E-state index in [2.05, 4.69) is 43.4 Å². The van der Waals surface area contributed by atoms with Gasteiger partial charge < -0.3 is 10.2 Å². The summed E-state index contributed by atoms with van der Waals surface area (Å²) in [5.41, 5.74) is 3.54. The Labute approximate surface area is 159 Å². The van der Waals surface area contributed by atoms with Crippen LogP contribution < -0.4 is 5.32 Å². The molecule has 3 rings (SSSR count). The van der Waals surface area contributed by atoms with Crippen molar-refractivity contribution < 1.29 is 9.59 Å². The predicted molar refractivity (Wildman–Crippen MR) is 106 cm³/mol. The molecular formula is C21H26N2O2S. The van der Waals surface area contributed by atoms with Gasteiger partial charge in [0.2, 0.25) is 5.91 Å². The first-order valence-electron chi connectivity index (χ1n) is 9.23. The van der Waals surface area contributed by atoms with Crippen molar-refractivity contribution in [3.63, 3.8) is 0 Å². The standard InChI is InChI=1S/C21H26N2O2S/c1-4-18-15(3)12-19(26-18)21(25)22-13-20(24)23-11-5-6-17(23)16-9-7-14(2)8-10-16/h7-10,12,17H,4-6,11,13H2,1-3H3,(H,22,25)/t17-/m1/s1. The Morgan fingerprint density at radius 1 is 1.23 bits per heavy atom. The van der Waals surface area contributed by atoms with Crippen LogP contribution >= 0.6 is 11.3 Å². The predicted octanol–water partition coefficient (Wildman–Crippen LogP) is 4.02. The molecule has 0 aliphatic carbocycles. The fraction of sp³-hybridized carbons (Fsp3) is 0.429. The number of amides is 2. The van der Waals surface area contributed by atoms with Gasteiger partial charge in [-0.05, 0) is 50.3 Å². The molecule has 0 saturated carbocycles. The highest BCUT2D eigenvalue weighted by atomic mass is 32.1. The third-order valence-corrected chi connectivity index (χ3v) is 6.38. The van der Waals surface area contributed by atoms with E-state index in [1.165, 1.54) is 27.3 Å². The van der Waals surface area contributed by atoms with Crippen LogP contribution in [0.15, 0.2) is 30.3 Å². The van der Waals surface area contributed by atoms with Gasteiger partial charge in [0.25, 0.3) is 5.91 Å². The Morgan fingerprint density at radius 3 is 2.62 bits per heavy atom. The van der Waals surface area contributed by atoms with Crippen LogP contribution in [0, 0.1) is 13.8 Å². The Kier molecular flexibility index (Phi) is 5.77. The molecule has 1 N–H and O–H groups in total. The van der Waals surface area contributed by atoms with Crippen molar-refractivity contribution >= 4 is 23.2 Å². The molecule has 5 heteroatoms. The Morgan fingerprint density at radius 2 is 1.96 bits per heavy atom. The summed E-state index contributed by atoms with van der Waals surface area (Å²) in [5, 5.41) is 2.80. The number of hydrogen-bond acceptors (Lipinski definition) is 3. The van der Waals surface area contributed by atoms with Crippen LogP contribution in [0.25, 0.3) is 0 Å². The van der Waals surface area contributed by atoms with E-state index in [9.17, 15) is 9.59 Å². The Hall–Kier alpha value is -2.14. The Bertz CT molecular complexity index is 795. The molecular weight excluding hydrogens is 344 g/mol. The molecule has 2 aromatic rings. The van der Waals surface area contributed by atoms with Crippen LogP contribution in [0.3, 0.4) is 0 Å². The van der Waals surface area contributed by atoms with E-state index >= 15 is 0 Å². The fourth-order valence-electron chi connectivity index (χ4n) is 3.53. The van der Waals surface area contributed by atoms with Gasteiger partial charge >= 0.3 is 0 Å². The molecule has 0 spiro atoms. The molecule has 1 aliphatic heterocycles. The summed E-state index contributed by atoms with van der Waals surface area (Å²) in [5.74, 6) is -0.164. The van der Waals surface area contributed by atoms with Crippen molar-refractivity contribution in [1.82, 2.24) is 10.2 Å². The largest absolute Gasteiger partial charge is 0.342 e. The van der Waals surface area contributed by atoms with E-state index in [1.54, 1.807) is 0 Å². The third-order valence-electron chi connectivity index (χ3n) is 5.00. The van der Waals surface area contributed by atoms with Gasteiger partial charge in [0.1, 0.15) is 0 Å². The van der Waals surface area contributed by atoms with Gasteiger partial charge in [-0.1, -0.05) is 36.8 Å². The fourth-order valence-corrected chi connectivity index (χ4v) is 4.56. The van der Waals surface area contributed by atoms with Crippen molar-refractivity contribution in [3.05, 3.63) is 56.8 Å². The lowest BCUT2D eigenvalue weighted by Crippen LogP contribution is -2.39. The first-order chi connectivity index (χ1) is 12.5. The van der Waals surface area contributed by atoms with Crippen LogP contribution in [0.1, 0.15) is 57.0 Å². The van der Waals surface area contributed by atoms with E-state index in [0.29, 0.717) is 4.88 Å². The number of carbonyl (C=O) groups excluding carboxylic acids is 2. The number of likely N-dealkylation sites (tertiary alicyclic amines) is 1. The van der Waals surface area contributed by atoms with Gasteiger partial charge in [-0.2, -0.15) is 0 Å². The van der Waals surface area contributed by atoms with Crippen LogP contribution in [-0.4, -0.2) is 29.8 Å². The number of nitrogens with zero attached hydrogens (tertiary/aromatic N) is 1. The average Bonchev–Trinajstić information content (AvgIpc) is 3.26. The first kappa shape index (κ1) is 18.6. The molecule has 138 valence electrons. The maximum Gasteiger partial charge on any atom is 0.261 e. The van der Waals surface area contributed by atoms with Crippen LogP contribution in [0.5, 0.6) is 0 Å². The summed E-state index contributed by atoms with van der Waals surface area (Å²) in [4.78, 5) is 28.8. The van der Waals surface area contributed by atoms with Gasteiger partial charge in [-0.25, -0.2) is 0 Å². The first-order valence-corrected chi connectivity index (χ1v) is 10.0. The van der Waals surface area contributed by atoms with Crippen LogP contribution in [0.2, 0.25) is 0 Å². The minimum absolute atomic E-state index is 0.00887. The van der Waals surface area contributed by atoms with Crippen molar-refractivity contribution in [2.75, 3.05) is 13.1 Å².